The lowest BCUT2D eigenvalue weighted by atomic mass is 9.77. The standard InChI is InChI=1S/C25H25FN2O/c26-22-9-5-17(6-10-22)13-24(28)25-15-21(11-12-27)23(16-29-25)20-8-7-18-3-1-2-4-19(18)14-20/h1-10,14,21,23-25H,11,13,15-16,28H2/t21-,23-,24-,25?/m0/s1. The molecule has 1 aliphatic heterocycles. The number of fused-ring (bicyclic) bond motifs is 1. The molecule has 4 rings (SSSR count). The fourth-order valence-corrected chi connectivity index (χ4v) is 4.37. The maximum absolute atomic E-state index is 13.1. The van der Waals surface area contributed by atoms with Crippen molar-refractivity contribution in [2.45, 2.75) is 37.3 Å². The average molecular weight is 388 g/mol. The third-order valence-corrected chi connectivity index (χ3v) is 6.01. The monoisotopic (exact) mass is 388 g/mol. The zero-order chi connectivity index (χ0) is 20.2. The van der Waals surface area contributed by atoms with Crippen molar-refractivity contribution in [1.29, 1.82) is 5.26 Å². The molecule has 4 atom stereocenters. The number of hydrogen-bond acceptors (Lipinski definition) is 3. The molecule has 0 spiro atoms. The number of nitrogens with zero attached hydrogens (tertiary/aromatic N) is 1. The van der Waals surface area contributed by atoms with Crippen LogP contribution >= 0.6 is 0 Å². The molecule has 0 amide bonds. The summed E-state index contributed by atoms with van der Waals surface area (Å²) in [7, 11) is 0. The van der Waals surface area contributed by atoms with Crippen LogP contribution in [-0.4, -0.2) is 18.8 Å². The van der Waals surface area contributed by atoms with Gasteiger partial charge in [0.1, 0.15) is 5.82 Å². The van der Waals surface area contributed by atoms with Gasteiger partial charge in [-0.2, -0.15) is 5.26 Å². The summed E-state index contributed by atoms with van der Waals surface area (Å²) < 4.78 is 19.3. The molecular formula is C25H25FN2O. The van der Waals surface area contributed by atoms with Crippen LogP contribution in [0.2, 0.25) is 0 Å². The minimum Gasteiger partial charge on any atom is -0.376 e. The van der Waals surface area contributed by atoms with E-state index in [9.17, 15) is 9.65 Å². The molecule has 148 valence electrons. The molecular weight excluding hydrogens is 363 g/mol. The highest BCUT2D eigenvalue weighted by atomic mass is 19.1. The molecule has 0 aliphatic carbocycles. The maximum atomic E-state index is 13.1. The van der Waals surface area contributed by atoms with E-state index in [1.54, 1.807) is 12.1 Å². The normalized spacial score (nSPS) is 22.9. The van der Waals surface area contributed by atoms with E-state index < -0.39 is 0 Å². The van der Waals surface area contributed by atoms with Crippen molar-refractivity contribution in [3.8, 4) is 6.07 Å². The summed E-state index contributed by atoms with van der Waals surface area (Å²) in [6.07, 6.45) is 1.77. The average Bonchev–Trinajstić information content (AvgIpc) is 2.75. The van der Waals surface area contributed by atoms with Gasteiger partial charge in [0, 0.05) is 18.4 Å². The van der Waals surface area contributed by atoms with Gasteiger partial charge in [0.2, 0.25) is 0 Å². The molecule has 3 nitrogen and oxygen atoms in total. The van der Waals surface area contributed by atoms with Gasteiger partial charge < -0.3 is 10.5 Å². The summed E-state index contributed by atoms with van der Waals surface area (Å²) in [6, 6.07) is 23.4. The SMILES string of the molecule is N#CC[C@H]1CC([C@@H](N)Cc2ccc(F)cc2)OC[C@H]1c1ccc2ccccc2c1. The highest BCUT2D eigenvalue weighted by molar-refractivity contribution is 5.83. The van der Waals surface area contributed by atoms with E-state index in [0.717, 1.165) is 12.0 Å². The second kappa shape index (κ2) is 8.73. The first-order valence-electron chi connectivity index (χ1n) is 10.1. The van der Waals surface area contributed by atoms with Crippen molar-refractivity contribution in [3.63, 3.8) is 0 Å². The first-order valence-corrected chi connectivity index (χ1v) is 10.1. The molecule has 29 heavy (non-hydrogen) atoms. The van der Waals surface area contributed by atoms with Crippen LogP contribution in [0.4, 0.5) is 4.39 Å². The lowest BCUT2D eigenvalue weighted by Crippen LogP contribution is -2.44. The number of ether oxygens (including phenoxy) is 1. The molecule has 1 unspecified atom stereocenters. The molecule has 3 aromatic rings. The Morgan fingerprint density at radius 2 is 1.83 bits per heavy atom. The predicted molar refractivity (Wildman–Crippen MR) is 113 cm³/mol. The highest BCUT2D eigenvalue weighted by Crippen LogP contribution is 2.37. The number of nitrogens with two attached hydrogens (primary N) is 1. The third-order valence-electron chi connectivity index (χ3n) is 6.01. The summed E-state index contributed by atoms with van der Waals surface area (Å²) in [6.45, 7) is 0.562. The Kier molecular flexibility index (Phi) is 5.89. The van der Waals surface area contributed by atoms with Crippen LogP contribution in [0.15, 0.2) is 66.7 Å². The first-order chi connectivity index (χ1) is 14.1. The van der Waals surface area contributed by atoms with E-state index in [4.69, 9.17) is 10.5 Å². The van der Waals surface area contributed by atoms with E-state index in [-0.39, 0.29) is 29.8 Å². The number of benzene rings is 3. The Hall–Kier alpha value is -2.74. The topological polar surface area (TPSA) is 59.0 Å². The highest BCUT2D eigenvalue weighted by Gasteiger charge is 2.34. The second-order valence-corrected chi connectivity index (χ2v) is 7.94. The van der Waals surface area contributed by atoms with Crippen molar-refractivity contribution >= 4 is 10.8 Å². The maximum Gasteiger partial charge on any atom is 0.123 e. The largest absolute Gasteiger partial charge is 0.376 e. The molecule has 2 N–H and O–H groups in total. The number of hydrogen-bond donors (Lipinski definition) is 1. The fraction of sp³-hybridized carbons (Fsp3) is 0.320. The fourth-order valence-electron chi connectivity index (χ4n) is 4.37. The van der Waals surface area contributed by atoms with E-state index in [2.05, 4.69) is 36.4 Å². The molecule has 1 aliphatic rings. The van der Waals surface area contributed by atoms with Crippen molar-refractivity contribution in [3.05, 3.63) is 83.7 Å². The Bertz CT molecular complexity index is 1010. The van der Waals surface area contributed by atoms with E-state index in [1.807, 2.05) is 12.1 Å². The van der Waals surface area contributed by atoms with E-state index in [0.29, 0.717) is 19.4 Å². The lowest BCUT2D eigenvalue weighted by Gasteiger charge is -2.38. The molecule has 0 aromatic heterocycles. The van der Waals surface area contributed by atoms with Crippen molar-refractivity contribution in [1.82, 2.24) is 0 Å². The molecule has 0 radical (unpaired) electrons. The van der Waals surface area contributed by atoms with Gasteiger partial charge in [-0.1, -0.05) is 54.6 Å². The Morgan fingerprint density at radius 1 is 1.07 bits per heavy atom. The quantitative estimate of drug-likeness (QED) is 0.673. The zero-order valence-corrected chi connectivity index (χ0v) is 16.3. The summed E-state index contributed by atoms with van der Waals surface area (Å²) in [5.41, 5.74) is 8.65. The lowest BCUT2D eigenvalue weighted by molar-refractivity contribution is -0.0353. The van der Waals surface area contributed by atoms with Gasteiger partial charge in [-0.05, 0) is 52.8 Å². The van der Waals surface area contributed by atoms with Crippen LogP contribution in [-0.2, 0) is 11.2 Å². The van der Waals surface area contributed by atoms with Crippen LogP contribution in [0.3, 0.4) is 0 Å². The summed E-state index contributed by atoms with van der Waals surface area (Å²) >= 11 is 0. The molecule has 4 heteroatoms. The first kappa shape index (κ1) is 19.6. The minimum absolute atomic E-state index is 0.102. The van der Waals surface area contributed by atoms with Crippen LogP contribution in [0, 0.1) is 23.1 Å². The number of rotatable bonds is 5. The van der Waals surface area contributed by atoms with Gasteiger partial charge in [-0.3, -0.25) is 0 Å². The van der Waals surface area contributed by atoms with Crippen LogP contribution in [0.1, 0.15) is 29.9 Å². The van der Waals surface area contributed by atoms with Gasteiger partial charge in [-0.15, -0.1) is 0 Å². The van der Waals surface area contributed by atoms with Crippen LogP contribution in [0.25, 0.3) is 10.8 Å². The van der Waals surface area contributed by atoms with Crippen LogP contribution < -0.4 is 5.73 Å². The number of nitriles is 1. The smallest absolute Gasteiger partial charge is 0.123 e. The third kappa shape index (κ3) is 4.48. The van der Waals surface area contributed by atoms with E-state index >= 15 is 0 Å². The predicted octanol–water partition coefficient (Wildman–Crippen LogP) is 4.95. The Balaban J connectivity index is 1.49. The van der Waals surface area contributed by atoms with Crippen LogP contribution in [0.5, 0.6) is 0 Å². The summed E-state index contributed by atoms with van der Waals surface area (Å²) in [5.74, 6) is 0.149. The molecule has 0 bridgehead atoms. The van der Waals surface area contributed by atoms with Gasteiger partial charge in [-0.25, -0.2) is 4.39 Å². The molecule has 0 saturated carbocycles. The summed E-state index contributed by atoms with van der Waals surface area (Å²) in [4.78, 5) is 0. The second-order valence-electron chi connectivity index (χ2n) is 7.94. The van der Waals surface area contributed by atoms with Gasteiger partial charge in [0.05, 0.1) is 18.8 Å². The van der Waals surface area contributed by atoms with Gasteiger partial charge >= 0.3 is 0 Å². The van der Waals surface area contributed by atoms with Gasteiger partial charge in [0.15, 0.2) is 0 Å². The summed E-state index contributed by atoms with van der Waals surface area (Å²) in [5, 5.41) is 11.8. The van der Waals surface area contributed by atoms with E-state index in [1.165, 1.54) is 28.5 Å². The van der Waals surface area contributed by atoms with Crippen molar-refractivity contribution in [2.75, 3.05) is 6.61 Å². The van der Waals surface area contributed by atoms with Crippen molar-refractivity contribution in [2.24, 2.45) is 11.7 Å². The molecule has 3 aromatic carbocycles. The molecule has 1 saturated heterocycles. The molecule has 1 heterocycles. The zero-order valence-electron chi connectivity index (χ0n) is 16.3. The Morgan fingerprint density at radius 3 is 2.59 bits per heavy atom. The molecule has 1 fully saturated rings. The number of halogens is 1. The minimum atomic E-state index is -0.247. The van der Waals surface area contributed by atoms with Crippen molar-refractivity contribution < 1.29 is 9.13 Å². The Labute approximate surface area is 170 Å². The van der Waals surface area contributed by atoms with Gasteiger partial charge in [0.25, 0.3) is 0 Å².